The molecule has 2 amide bonds. The van der Waals surface area contributed by atoms with Gasteiger partial charge in [-0.1, -0.05) is 0 Å². The fourth-order valence-electron chi connectivity index (χ4n) is 3.10. The number of carbonyl (C=O) groups is 2. The molecule has 0 spiro atoms. The summed E-state index contributed by atoms with van der Waals surface area (Å²) in [6, 6.07) is 0. The van der Waals surface area contributed by atoms with Crippen LogP contribution in [0.15, 0.2) is 0 Å². The van der Waals surface area contributed by atoms with Gasteiger partial charge >= 0.3 is 0 Å². The molecular formula is C18H28N2O6. The Bertz CT molecular complexity index is 440. The SMILES string of the molecule is O=C(CCCCC(=O)N(CC1CO1)CC1CO1)N(CC1CO1)CC1CO1. The minimum Gasteiger partial charge on any atom is -0.371 e. The smallest absolute Gasteiger partial charge is 0.222 e. The van der Waals surface area contributed by atoms with Gasteiger partial charge in [0.2, 0.25) is 11.8 Å². The van der Waals surface area contributed by atoms with Crippen molar-refractivity contribution in [2.24, 2.45) is 0 Å². The molecule has 146 valence electrons. The highest BCUT2D eigenvalue weighted by molar-refractivity contribution is 5.77. The third kappa shape index (κ3) is 6.19. The Hall–Kier alpha value is -1.22. The maximum atomic E-state index is 12.4. The summed E-state index contributed by atoms with van der Waals surface area (Å²) in [6.45, 7) is 5.62. The van der Waals surface area contributed by atoms with Crippen LogP contribution < -0.4 is 0 Å². The van der Waals surface area contributed by atoms with Gasteiger partial charge in [-0.05, 0) is 12.8 Å². The van der Waals surface area contributed by atoms with E-state index in [-0.39, 0.29) is 36.2 Å². The van der Waals surface area contributed by atoms with Gasteiger partial charge in [0.1, 0.15) is 0 Å². The van der Waals surface area contributed by atoms with Gasteiger partial charge in [-0.15, -0.1) is 0 Å². The van der Waals surface area contributed by atoms with Gasteiger partial charge in [-0.2, -0.15) is 0 Å². The Balaban J connectivity index is 1.14. The molecule has 4 saturated heterocycles. The van der Waals surface area contributed by atoms with E-state index < -0.39 is 0 Å². The van der Waals surface area contributed by atoms with Crippen LogP contribution in [-0.4, -0.2) is 98.6 Å². The van der Waals surface area contributed by atoms with Crippen LogP contribution in [0, 0.1) is 0 Å². The van der Waals surface area contributed by atoms with E-state index in [2.05, 4.69) is 0 Å². The molecule has 0 aromatic rings. The van der Waals surface area contributed by atoms with Crippen molar-refractivity contribution in [3.8, 4) is 0 Å². The van der Waals surface area contributed by atoms with Gasteiger partial charge in [0, 0.05) is 39.0 Å². The largest absolute Gasteiger partial charge is 0.371 e. The normalized spacial score (nSPS) is 30.6. The third-order valence-electron chi connectivity index (χ3n) is 5.04. The molecule has 0 radical (unpaired) electrons. The van der Waals surface area contributed by atoms with Crippen LogP contribution in [0.1, 0.15) is 25.7 Å². The second-order valence-electron chi connectivity index (χ2n) is 7.63. The van der Waals surface area contributed by atoms with Crippen molar-refractivity contribution in [2.75, 3.05) is 52.6 Å². The van der Waals surface area contributed by atoms with Crippen molar-refractivity contribution in [1.82, 2.24) is 9.80 Å². The monoisotopic (exact) mass is 368 g/mol. The zero-order valence-electron chi connectivity index (χ0n) is 15.1. The minimum absolute atomic E-state index is 0.137. The fraction of sp³-hybridized carbons (Fsp3) is 0.889. The van der Waals surface area contributed by atoms with Gasteiger partial charge in [0.05, 0.1) is 50.8 Å². The Morgan fingerprint density at radius 1 is 0.615 bits per heavy atom. The molecule has 8 heteroatoms. The number of ether oxygens (including phenoxy) is 4. The molecule has 4 fully saturated rings. The maximum Gasteiger partial charge on any atom is 0.222 e. The van der Waals surface area contributed by atoms with Crippen LogP contribution in [0.4, 0.5) is 0 Å². The Kier molecular flexibility index (Phi) is 5.73. The molecule has 4 atom stereocenters. The first kappa shape index (κ1) is 18.2. The molecule has 0 aromatic heterocycles. The summed E-state index contributed by atoms with van der Waals surface area (Å²) in [5, 5.41) is 0. The second-order valence-corrected chi connectivity index (χ2v) is 7.63. The van der Waals surface area contributed by atoms with Crippen LogP contribution in [0.5, 0.6) is 0 Å². The molecule has 26 heavy (non-hydrogen) atoms. The number of nitrogens with zero attached hydrogens (tertiary/aromatic N) is 2. The van der Waals surface area contributed by atoms with E-state index in [9.17, 15) is 9.59 Å². The predicted octanol–water partition coefficient (Wildman–Crippen LogP) is -0.201. The second kappa shape index (κ2) is 8.21. The summed E-state index contributed by atoms with van der Waals surface area (Å²) in [4.78, 5) is 28.6. The Morgan fingerprint density at radius 3 is 1.12 bits per heavy atom. The van der Waals surface area contributed by atoms with Crippen molar-refractivity contribution in [3.63, 3.8) is 0 Å². The molecule has 4 aliphatic rings. The van der Waals surface area contributed by atoms with E-state index >= 15 is 0 Å². The van der Waals surface area contributed by atoms with Crippen molar-refractivity contribution >= 4 is 11.8 Å². The Labute approximate surface area is 153 Å². The molecule has 4 aliphatic heterocycles. The number of hydrogen-bond acceptors (Lipinski definition) is 6. The van der Waals surface area contributed by atoms with E-state index in [1.807, 2.05) is 9.80 Å². The summed E-state index contributed by atoms with van der Waals surface area (Å²) >= 11 is 0. The van der Waals surface area contributed by atoms with Crippen molar-refractivity contribution in [3.05, 3.63) is 0 Å². The van der Waals surface area contributed by atoms with Crippen LogP contribution in [0.3, 0.4) is 0 Å². The topological polar surface area (TPSA) is 90.7 Å². The minimum atomic E-state index is 0.137. The van der Waals surface area contributed by atoms with Crippen molar-refractivity contribution < 1.29 is 28.5 Å². The lowest BCUT2D eigenvalue weighted by atomic mass is 10.1. The lowest BCUT2D eigenvalue weighted by Crippen LogP contribution is -2.37. The highest BCUT2D eigenvalue weighted by Crippen LogP contribution is 2.19. The summed E-state index contributed by atoms with van der Waals surface area (Å²) < 4.78 is 21.0. The van der Waals surface area contributed by atoms with Crippen molar-refractivity contribution in [1.29, 1.82) is 0 Å². The number of epoxide rings is 4. The first-order valence-corrected chi connectivity index (χ1v) is 9.69. The Morgan fingerprint density at radius 2 is 0.885 bits per heavy atom. The summed E-state index contributed by atoms with van der Waals surface area (Å²) in [7, 11) is 0. The van der Waals surface area contributed by atoms with Crippen molar-refractivity contribution in [2.45, 2.75) is 50.1 Å². The number of rotatable bonds is 13. The van der Waals surface area contributed by atoms with Crippen LogP contribution in [-0.2, 0) is 28.5 Å². The molecule has 0 bridgehead atoms. The van der Waals surface area contributed by atoms with Gasteiger partial charge in [0.25, 0.3) is 0 Å². The first-order valence-electron chi connectivity index (χ1n) is 9.69. The predicted molar refractivity (Wildman–Crippen MR) is 90.6 cm³/mol. The van der Waals surface area contributed by atoms with Gasteiger partial charge < -0.3 is 28.7 Å². The lowest BCUT2D eigenvalue weighted by molar-refractivity contribution is -0.133. The molecule has 4 unspecified atom stereocenters. The molecule has 0 aliphatic carbocycles. The summed E-state index contributed by atoms with van der Waals surface area (Å²) in [5.74, 6) is 0.274. The average molecular weight is 368 g/mol. The van der Waals surface area contributed by atoms with Gasteiger partial charge in [-0.3, -0.25) is 9.59 Å². The summed E-state index contributed by atoms with van der Waals surface area (Å²) in [6.07, 6.45) is 3.19. The van der Waals surface area contributed by atoms with Crippen LogP contribution >= 0.6 is 0 Å². The first-order chi connectivity index (χ1) is 12.7. The third-order valence-corrected chi connectivity index (χ3v) is 5.04. The van der Waals surface area contributed by atoms with E-state index in [0.29, 0.717) is 39.0 Å². The molecule has 4 rings (SSSR count). The summed E-state index contributed by atoms with van der Waals surface area (Å²) in [5.41, 5.74) is 0. The average Bonchev–Trinajstić information content (AvgIpc) is 3.46. The molecule has 0 saturated carbocycles. The molecule has 0 N–H and O–H groups in total. The molecule has 8 nitrogen and oxygen atoms in total. The highest BCUT2D eigenvalue weighted by atomic mass is 16.6. The zero-order chi connectivity index (χ0) is 17.9. The quantitative estimate of drug-likeness (QED) is 0.330. The van der Waals surface area contributed by atoms with E-state index in [1.165, 1.54) is 0 Å². The molecule has 4 heterocycles. The standard InChI is InChI=1S/C18H28N2O6/c21-17(19(5-13-9-23-13)6-14-10-24-14)3-1-2-4-18(22)20(7-15-11-25-15)8-16-12-26-16/h13-16H,1-12H2. The zero-order valence-corrected chi connectivity index (χ0v) is 15.1. The van der Waals surface area contributed by atoms with Gasteiger partial charge in [-0.25, -0.2) is 0 Å². The maximum absolute atomic E-state index is 12.4. The highest BCUT2D eigenvalue weighted by Gasteiger charge is 2.34. The number of amides is 2. The number of hydrogen-bond donors (Lipinski definition) is 0. The number of unbranched alkanes of at least 4 members (excludes halogenated alkanes) is 1. The van der Waals surface area contributed by atoms with E-state index in [1.54, 1.807) is 0 Å². The number of carbonyl (C=O) groups excluding carboxylic acids is 2. The van der Waals surface area contributed by atoms with Crippen LogP contribution in [0.2, 0.25) is 0 Å². The lowest BCUT2D eigenvalue weighted by Gasteiger charge is -2.22. The van der Waals surface area contributed by atoms with E-state index in [0.717, 1.165) is 39.3 Å². The van der Waals surface area contributed by atoms with Crippen LogP contribution in [0.25, 0.3) is 0 Å². The molecular weight excluding hydrogens is 340 g/mol. The molecule has 0 aromatic carbocycles. The van der Waals surface area contributed by atoms with Gasteiger partial charge in [0.15, 0.2) is 0 Å². The van der Waals surface area contributed by atoms with E-state index in [4.69, 9.17) is 18.9 Å². The fourth-order valence-corrected chi connectivity index (χ4v) is 3.10.